The Morgan fingerprint density at radius 1 is 1.25 bits per heavy atom. The third kappa shape index (κ3) is 1.86. The lowest BCUT2D eigenvalue weighted by molar-refractivity contribution is 0.102. The second-order valence-electron chi connectivity index (χ2n) is 4.02. The van der Waals surface area contributed by atoms with Crippen molar-refractivity contribution in [3.8, 4) is 0 Å². The summed E-state index contributed by atoms with van der Waals surface area (Å²) >= 11 is 0. The van der Waals surface area contributed by atoms with Gasteiger partial charge in [-0.1, -0.05) is 30.3 Å². The first-order chi connectivity index (χ1) is 7.64. The molecular formula is C13H16N2O. The van der Waals surface area contributed by atoms with Crippen LogP contribution in [0.4, 0.5) is 0 Å². The molecule has 1 N–H and O–H groups in total. The topological polar surface area (TPSA) is 38.0 Å². The summed E-state index contributed by atoms with van der Waals surface area (Å²) in [4.78, 5) is 0. The number of aryl methyl sites for hydroxylation is 1. The summed E-state index contributed by atoms with van der Waals surface area (Å²) in [5.41, 5.74) is 0.723. The summed E-state index contributed by atoms with van der Waals surface area (Å²) in [7, 11) is 0. The minimum absolute atomic E-state index is 0.810. The standard InChI is InChI=1S/C13H16N2O/c1-3-15-10-12(9-14-15)13(2,16)11-7-5-4-6-8-11/h4-10,16H,3H2,1-2H3. The molecule has 16 heavy (non-hydrogen) atoms. The van der Waals surface area contributed by atoms with Crippen molar-refractivity contribution >= 4 is 0 Å². The highest BCUT2D eigenvalue weighted by Crippen LogP contribution is 2.28. The molecule has 1 atom stereocenters. The molecule has 84 valence electrons. The smallest absolute Gasteiger partial charge is 0.115 e. The third-order valence-corrected chi connectivity index (χ3v) is 2.86. The molecule has 1 aromatic heterocycles. The van der Waals surface area contributed by atoms with Crippen molar-refractivity contribution < 1.29 is 5.11 Å². The maximum Gasteiger partial charge on any atom is 0.115 e. The SMILES string of the molecule is CCn1cc(C(C)(O)c2ccccc2)cn1. The molecule has 2 aromatic rings. The van der Waals surface area contributed by atoms with Gasteiger partial charge in [0.05, 0.1) is 6.20 Å². The number of hydrogen-bond donors (Lipinski definition) is 1. The second kappa shape index (κ2) is 4.10. The van der Waals surface area contributed by atoms with Crippen LogP contribution in [0.25, 0.3) is 0 Å². The number of aliphatic hydroxyl groups is 1. The van der Waals surface area contributed by atoms with Crippen LogP contribution in [0.15, 0.2) is 42.7 Å². The lowest BCUT2D eigenvalue weighted by Gasteiger charge is -2.22. The van der Waals surface area contributed by atoms with Crippen LogP contribution < -0.4 is 0 Å². The largest absolute Gasteiger partial charge is 0.381 e. The van der Waals surface area contributed by atoms with Gasteiger partial charge in [0.25, 0.3) is 0 Å². The van der Waals surface area contributed by atoms with Crippen molar-refractivity contribution in [2.24, 2.45) is 0 Å². The summed E-state index contributed by atoms with van der Waals surface area (Å²) in [6.45, 7) is 4.62. The molecule has 0 aliphatic carbocycles. The molecule has 1 aromatic carbocycles. The van der Waals surface area contributed by atoms with E-state index in [1.807, 2.05) is 48.1 Å². The van der Waals surface area contributed by atoms with Gasteiger partial charge in [-0.2, -0.15) is 5.10 Å². The Labute approximate surface area is 95.3 Å². The van der Waals surface area contributed by atoms with Crippen LogP contribution >= 0.6 is 0 Å². The maximum atomic E-state index is 10.5. The van der Waals surface area contributed by atoms with Crippen molar-refractivity contribution in [2.45, 2.75) is 26.0 Å². The van der Waals surface area contributed by atoms with Gasteiger partial charge in [-0.25, -0.2) is 0 Å². The highest BCUT2D eigenvalue weighted by atomic mass is 16.3. The van der Waals surface area contributed by atoms with E-state index in [0.717, 1.165) is 17.7 Å². The number of hydrogen-bond acceptors (Lipinski definition) is 2. The maximum absolute atomic E-state index is 10.5. The van der Waals surface area contributed by atoms with Crippen LogP contribution in [0.2, 0.25) is 0 Å². The minimum Gasteiger partial charge on any atom is -0.381 e. The lowest BCUT2D eigenvalue weighted by atomic mass is 9.91. The van der Waals surface area contributed by atoms with Crippen molar-refractivity contribution in [3.05, 3.63) is 53.9 Å². The van der Waals surface area contributed by atoms with Crippen LogP contribution in [0, 0.1) is 0 Å². The summed E-state index contributed by atoms with van der Waals surface area (Å²) < 4.78 is 1.81. The minimum atomic E-state index is -0.978. The molecule has 0 saturated carbocycles. The van der Waals surface area contributed by atoms with Gasteiger partial charge in [0.2, 0.25) is 0 Å². The molecule has 3 heteroatoms. The van der Waals surface area contributed by atoms with E-state index in [0.29, 0.717) is 0 Å². The van der Waals surface area contributed by atoms with E-state index in [9.17, 15) is 5.11 Å². The fraction of sp³-hybridized carbons (Fsp3) is 0.308. The van der Waals surface area contributed by atoms with Gasteiger partial charge >= 0.3 is 0 Å². The highest BCUT2D eigenvalue weighted by molar-refractivity contribution is 5.32. The Balaban J connectivity index is 2.38. The van der Waals surface area contributed by atoms with Crippen LogP contribution in [0.5, 0.6) is 0 Å². The third-order valence-electron chi connectivity index (χ3n) is 2.86. The number of aromatic nitrogens is 2. The average molecular weight is 216 g/mol. The first-order valence-electron chi connectivity index (χ1n) is 5.45. The van der Waals surface area contributed by atoms with Crippen LogP contribution in [0.1, 0.15) is 25.0 Å². The first-order valence-corrected chi connectivity index (χ1v) is 5.45. The van der Waals surface area contributed by atoms with E-state index in [1.54, 1.807) is 13.1 Å². The van der Waals surface area contributed by atoms with E-state index in [4.69, 9.17) is 0 Å². The van der Waals surface area contributed by atoms with Crippen LogP contribution in [-0.4, -0.2) is 14.9 Å². The molecule has 0 spiro atoms. The van der Waals surface area contributed by atoms with E-state index in [1.165, 1.54) is 0 Å². The average Bonchev–Trinajstić information content (AvgIpc) is 2.79. The quantitative estimate of drug-likeness (QED) is 0.853. The Morgan fingerprint density at radius 3 is 2.50 bits per heavy atom. The molecule has 0 aliphatic rings. The summed E-state index contributed by atoms with van der Waals surface area (Å²) in [5, 5.41) is 14.7. The number of rotatable bonds is 3. The molecule has 1 unspecified atom stereocenters. The van der Waals surface area contributed by atoms with Gasteiger partial charge in [0, 0.05) is 18.3 Å². The zero-order valence-corrected chi connectivity index (χ0v) is 9.59. The number of nitrogens with zero attached hydrogens (tertiary/aromatic N) is 2. The molecule has 0 fully saturated rings. The fourth-order valence-electron chi connectivity index (χ4n) is 1.72. The molecule has 2 rings (SSSR count). The zero-order chi connectivity index (χ0) is 11.6. The molecular weight excluding hydrogens is 200 g/mol. The zero-order valence-electron chi connectivity index (χ0n) is 9.59. The van der Waals surface area contributed by atoms with Gasteiger partial charge in [-0.05, 0) is 19.4 Å². The molecule has 1 heterocycles. The predicted molar refractivity (Wildman–Crippen MR) is 63.0 cm³/mol. The Kier molecular flexibility index (Phi) is 2.79. The molecule has 0 radical (unpaired) electrons. The normalized spacial score (nSPS) is 14.7. The first kappa shape index (κ1) is 10.9. The van der Waals surface area contributed by atoms with Crippen molar-refractivity contribution in [2.75, 3.05) is 0 Å². The van der Waals surface area contributed by atoms with Crippen molar-refractivity contribution in [1.82, 2.24) is 9.78 Å². The summed E-state index contributed by atoms with van der Waals surface area (Å²) in [6, 6.07) is 9.63. The lowest BCUT2D eigenvalue weighted by Crippen LogP contribution is -2.21. The van der Waals surface area contributed by atoms with Gasteiger partial charge in [-0.3, -0.25) is 4.68 Å². The van der Waals surface area contributed by atoms with E-state index in [-0.39, 0.29) is 0 Å². The van der Waals surface area contributed by atoms with E-state index in [2.05, 4.69) is 5.10 Å². The van der Waals surface area contributed by atoms with Crippen LogP contribution in [0.3, 0.4) is 0 Å². The molecule has 0 aliphatic heterocycles. The van der Waals surface area contributed by atoms with Gasteiger partial charge < -0.3 is 5.11 Å². The van der Waals surface area contributed by atoms with Gasteiger partial charge in [0.15, 0.2) is 0 Å². The molecule has 3 nitrogen and oxygen atoms in total. The molecule has 0 bridgehead atoms. The molecule has 0 saturated heterocycles. The second-order valence-corrected chi connectivity index (χ2v) is 4.02. The van der Waals surface area contributed by atoms with Crippen molar-refractivity contribution in [1.29, 1.82) is 0 Å². The summed E-state index contributed by atoms with van der Waals surface area (Å²) in [6.07, 6.45) is 3.60. The number of benzene rings is 1. The highest BCUT2D eigenvalue weighted by Gasteiger charge is 2.26. The fourth-order valence-corrected chi connectivity index (χ4v) is 1.72. The predicted octanol–water partition coefficient (Wildman–Crippen LogP) is 2.16. The van der Waals surface area contributed by atoms with Crippen molar-refractivity contribution in [3.63, 3.8) is 0 Å². The van der Waals surface area contributed by atoms with Crippen LogP contribution in [-0.2, 0) is 12.1 Å². The molecule has 0 amide bonds. The Morgan fingerprint density at radius 2 is 1.94 bits per heavy atom. The monoisotopic (exact) mass is 216 g/mol. The van der Waals surface area contributed by atoms with E-state index < -0.39 is 5.60 Å². The van der Waals surface area contributed by atoms with E-state index >= 15 is 0 Å². The Hall–Kier alpha value is -1.61. The van der Waals surface area contributed by atoms with Gasteiger partial charge in [0.1, 0.15) is 5.60 Å². The van der Waals surface area contributed by atoms with Gasteiger partial charge in [-0.15, -0.1) is 0 Å². The Bertz CT molecular complexity index is 460. The summed E-state index contributed by atoms with van der Waals surface area (Å²) in [5.74, 6) is 0.